The summed E-state index contributed by atoms with van der Waals surface area (Å²) in [5, 5.41) is 4.24. The molecule has 100 valence electrons. The van der Waals surface area contributed by atoms with Crippen LogP contribution < -0.4 is 5.32 Å². The summed E-state index contributed by atoms with van der Waals surface area (Å²) >= 11 is 12.1. The minimum atomic E-state index is -0.584. The Balaban J connectivity index is 2.08. The molecule has 0 unspecified atom stereocenters. The average molecular weight is 303 g/mol. The predicted octanol–water partition coefficient (Wildman–Crippen LogP) is 5.45. The number of anilines is 2. The van der Waals surface area contributed by atoms with Crippen molar-refractivity contribution in [3.05, 3.63) is 66.2 Å². The molecule has 4 heteroatoms. The minimum absolute atomic E-state index is 0.584. The van der Waals surface area contributed by atoms with Gasteiger partial charge in [0.2, 0.25) is 0 Å². The van der Waals surface area contributed by atoms with E-state index in [1.807, 2.05) is 60.7 Å². The smallest absolute Gasteiger partial charge is 0.133 e. The first-order chi connectivity index (χ1) is 9.74. The Kier molecular flexibility index (Phi) is 3.77. The third-order valence-corrected chi connectivity index (χ3v) is 3.50. The highest BCUT2D eigenvalue weighted by atomic mass is 35.5. The van der Waals surface area contributed by atoms with Gasteiger partial charge in [-0.2, -0.15) is 0 Å². The van der Waals surface area contributed by atoms with E-state index in [2.05, 4.69) is 10.3 Å². The van der Waals surface area contributed by atoms with Crippen LogP contribution in [0.3, 0.4) is 0 Å². The molecule has 20 heavy (non-hydrogen) atoms. The number of hydrogen-bond donors (Lipinski definition) is 1. The number of aromatic nitrogens is 1. The van der Waals surface area contributed by atoms with Gasteiger partial charge in [-0.15, -0.1) is 23.2 Å². The summed E-state index contributed by atoms with van der Waals surface area (Å²) in [6.07, 6.45) is 0. The van der Waals surface area contributed by atoms with Crippen LogP contribution in [0, 0.1) is 0 Å². The number of para-hydroxylation sites is 2. The first kappa shape index (κ1) is 13.2. The fraction of sp³-hybridized carbons (Fsp3) is 0.0625. The number of benzene rings is 2. The van der Waals surface area contributed by atoms with Crippen LogP contribution in [0.5, 0.6) is 0 Å². The molecule has 0 aliphatic rings. The molecule has 0 saturated heterocycles. The summed E-state index contributed by atoms with van der Waals surface area (Å²) in [6.45, 7) is 0. The van der Waals surface area contributed by atoms with Crippen LogP contribution in [0.1, 0.15) is 10.4 Å². The van der Waals surface area contributed by atoms with Crippen molar-refractivity contribution in [2.24, 2.45) is 0 Å². The molecule has 2 aromatic carbocycles. The van der Waals surface area contributed by atoms with Gasteiger partial charge in [0, 0.05) is 11.1 Å². The second-order valence-electron chi connectivity index (χ2n) is 4.41. The monoisotopic (exact) mass is 302 g/mol. The van der Waals surface area contributed by atoms with E-state index in [4.69, 9.17) is 23.2 Å². The molecule has 0 aliphatic heterocycles. The Morgan fingerprint density at radius 2 is 1.60 bits per heavy atom. The average Bonchev–Trinajstić information content (AvgIpc) is 2.47. The van der Waals surface area contributed by atoms with Crippen molar-refractivity contribution >= 4 is 45.6 Å². The number of nitrogens with one attached hydrogen (secondary N) is 1. The molecule has 0 fully saturated rings. The topological polar surface area (TPSA) is 24.9 Å². The predicted molar refractivity (Wildman–Crippen MR) is 85.9 cm³/mol. The van der Waals surface area contributed by atoms with Crippen LogP contribution >= 0.6 is 23.2 Å². The van der Waals surface area contributed by atoms with Gasteiger partial charge >= 0.3 is 0 Å². The lowest BCUT2D eigenvalue weighted by Crippen LogP contribution is -1.97. The lowest BCUT2D eigenvalue weighted by molar-refractivity contribution is 1.30. The van der Waals surface area contributed by atoms with Gasteiger partial charge in [-0.25, -0.2) is 4.98 Å². The Hall–Kier alpha value is -1.77. The maximum absolute atomic E-state index is 6.07. The van der Waals surface area contributed by atoms with E-state index in [1.165, 1.54) is 0 Å². The molecule has 0 bridgehead atoms. The second-order valence-corrected chi connectivity index (χ2v) is 5.50. The zero-order valence-electron chi connectivity index (χ0n) is 10.6. The van der Waals surface area contributed by atoms with Gasteiger partial charge in [0.25, 0.3) is 0 Å². The Morgan fingerprint density at radius 3 is 2.35 bits per heavy atom. The molecular weight excluding hydrogens is 291 g/mol. The number of rotatable bonds is 3. The highest BCUT2D eigenvalue weighted by Crippen LogP contribution is 2.33. The van der Waals surface area contributed by atoms with Crippen LogP contribution in [-0.2, 0) is 0 Å². The quantitative estimate of drug-likeness (QED) is 0.650. The molecule has 0 atom stereocenters. The third kappa shape index (κ3) is 2.72. The number of halogens is 2. The van der Waals surface area contributed by atoms with E-state index in [9.17, 15) is 0 Å². The molecule has 1 N–H and O–H groups in total. The van der Waals surface area contributed by atoms with Gasteiger partial charge in [-0.3, -0.25) is 0 Å². The molecule has 0 spiro atoms. The van der Waals surface area contributed by atoms with E-state index in [-0.39, 0.29) is 0 Å². The van der Waals surface area contributed by atoms with Crippen LogP contribution in [0.15, 0.2) is 60.7 Å². The maximum Gasteiger partial charge on any atom is 0.133 e. The van der Waals surface area contributed by atoms with Crippen molar-refractivity contribution in [1.29, 1.82) is 0 Å². The van der Waals surface area contributed by atoms with Crippen molar-refractivity contribution in [3.8, 4) is 0 Å². The second kappa shape index (κ2) is 5.70. The van der Waals surface area contributed by atoms with E-state index in [0.29, 0.717) is 0 Å². The molecule has 2 nitrogen and oxygen atoms in total. The summed E-state index contributed by atoms with van der Waals surface area (Å²) in [7, 11) is 0. The fourth-order valence-corrected chi connectivity index (χ4v) is 2.48. The standard InChI is InChI=1S/C16H12Cl2N2/c17-16(18)13-10-15(19-11-6-2-1-3-7-11)20-14-9-5-4-8-12(13)14/h1-10,16H,(H,19,20). The summed E-state index contributed by atoms with van der Waals surface area (Å²) in [5.41, 5.74) is 2.70. The fourth-order valence-electron chi connectivity index (χ4n) is 2.12. The Labute approximate surface area is 127 Å². The summed E-state index contributed by atoms with van der Waals surface area (Å²) < 4.78 is 0. The molecule has 1 heterocycles. The minimum Gasteiger partial charge on any atom is -0.340 e. The molecule has 1 aromatic heterocycles. The SMILES string of the molecule is ClC(Cl)c1cc(Nc2ccccc2)nc2ccccc12. The molecule has 0 radical (unpaired) electrons. The third-order valence-electron chi connectivity index (χ3n) is 3.03. The van der Waals surface area contributed by atoms with Gasteiger partial charge in [0.05, 0.1) is 5.52 Å². The first-order valence-electron chi connectivity index (χ1n) is 6.24. The number of nitrogens with zero attached hydrogens (tertiary/aromatic N) is 1. The molecule has 0 amide bonds. The zero-order valence-corrected chi connectivity index (χ0v) is 12.1. The van der Waals surface area contributed by atoms with Gasteiger partial charge in [-0.1, -0.05) is 36.4 Å². The zero-order chi connectivity index (χ0) is 13.9. The lowest BCUT2D eigenvalue weighted by atomic mass is 10.1. The van der Waals surface area contributed by atoms with Crippen LogP contribution in [0.25, 0.3) is 10.9 Å². The Bertz CT molecular complexity index is 727. The summed E-state index contributed by atoms with van der Waals surface area (Å²) in [5.74, 6) is 0.733. The summed E-state index contributed by atoms with van der Waals surface area (Å²) in [6, 6.07) is 19.6. The Morgan fingerprint density at radius 1 is 0.900 bits per heavy atom. The van der Waals surface area contributed by atoms with E-state index < -0.39 is 4.84 Å². The van der Waals surface area contributed by atoms with Crippen molar-refractivity contribution < 1.29 is 0 Å². The van der Waals surface area contributed by atoms with Crippen LogP contribution in [0.4, 0.5) is 11.5 Å². The molecule has 0 saturated carbocycles. The van der Waals surface area contributed by atoms with Crippen molar-refractivity contribution in [1.82, 2.24) is 4.98 Å². The van der Waals surface area contributed by atoms with Gasteiger partial charge in [0.1, 0.15) is 10.7 Å². The maximum atomic E-state index is 6.07. The first-order valence-corrected chi connectivity index (χ1v) is 7.11. The number of pyridine rings is 1. The van der Waals surface area contributed by atoms with E-state index >= 15 is 0 Å². The molecule has 3 aromatic rings. The molecule has 3 rings (SSSR count). The van der Waals surface area contributed by atoms with Crippen molar-refractivity contribution in [2.75, 3.05) is 5.32 Å². The van der Waals surface area contributed by atoms with Crippen molar-refractivity contribution in [3.63, 3.8) is 0 Å². The van der Waals surface area contributed by atoms with Crippen LogP contribution in [-0.4, -0.2) is 4.98 Å². The largest absolute Gasteiger partial charge is 0.340 e. The van der Waals surface area contributed by atoms with Crippen LogP contribution in [0.2, 0.25) is 0 Å². The van der Waals surface area contributed by atoms with Crippen molar-refractivity contribution in [2.45, 2.75) is 4.84 Å². The van der Waals surface area contributed by atoms with Gasteiger partial charge in [-0.05, 0) is 29.8 Å². The number of alkyl halides is 2. The molecule has 0 aliphatic carbocycles. The summed E-state index contributed by atoms with van der Waals surface area (Å²) in [4.78, 5) is 4.00. The van der Waals surface area contributed by atoms with Gasteiger partial charge in [0.15, 0.2) is 0 Å². The molecular formula is C16H12Cl2N2. The number of hydrogen-bond acceptors (Lipinski definition) is 2. The lowest BCUT2D eigenvalue weighted by Gasteiger charge is -2.11. The van der Waals surface area contributed by atoms with E-state index in [1.54, 1.807) is 0 Å². The highest BCUT2D eigenvalue weighted by Gasteiger charge is 2.11. The number of fused-ring (bicyclic) bond motifs is 1. The normalized spacial score (nSPS) is 10.9. The van der Waals surface area contributed by atoms with E-state index in [0.717, 1.165) is 28.0 Å². The van der Waals surface area contributed by atoms with Gasteiger partial charge < -0.3 is 5.32 Å². The highest BCUT2D eigenvalue weighted by molar-refractivity contribution is 6.44.